The number of fused-ring (bicyclic) bond motifs is 1. The van der Waals surface area contributed by atoms with Gasteiger partial charge in [0.2, 0.25) is 5.91 Å². The Bertz CT molecular complexity index is 990. The zero-order chi connectivity index (χ0) is 18.1. The van der Waals surface area contributed by atoms with Gasteiger partial charge in [-0.3, -0.25) is 9.59 Å². The van der Waals surface area contributed by atoms with Crippen LogP contribution in [0.25, 0.3) is 21.3 Å². The van der Waals surface area contributed by atoms with Gasteiger partial charge in [-0.1, -0.05) is 48.5 Å². The van der Waals surface area contributed by atoms with E-state index in [0.717, 1.165) is 16.0 Å². The molecule has 0 radical (unpaired) electrons. The summed E-state index contributed by atoms with van der Waals surface area (Å²) in [6.07, 6.45) is 0.583. The van der Waals surface area contributed by atoms with Crippen molar-refractivity contribution in [2.75, 3.05) is 0 Å². The maximum Gasteiger partial charge on any atom is 0.260 e. The molecule has 0 aliphatic rings. The number of thiophene rings is 1. The van der Waals surface area contributed by atoms with E-state index < -0.39 is 11.2 Å². The predicted molar refractivity (Wildman–Crippen MR) is 104 cm³/mol. The summed E-state index contributed by atoms with van der Waals surface area (Å²) in [6.45, 7) is 5.90. The van der Waals surface area contributed by atoms with Crippen molar-refractivity contribution in [3.63, 3.8) is 0 Å². The molecule has 0 aliphatic heterocycles. The van der Waals surface area contributed by atoms with Crippen LogP contribution in [0.15, 0.2) is 34.2 Å². The highest BCUT2D eigenvalue weighted by Gasteiger charge is 2.20. The minimum Gasteiger partial charge on any atom is -0.369 e. The molecule has 0 saturated carbocycles. The van der Waals surface area contributed by atoms with Crippen LogP contribution >= 0.6 is 23.1 Å². The smallest absolute Gasteiger partial charge is 0.260 e. The van der Waals surface area contributed by atoms with Gasteiger partial charge in [0, 0.05) is 10.4 Å². The Kier molecular flexibility index (Phi) is 4.96. The van der Waals surface area contributed by atoms with E-state index in [4.69, 9.17) is 5.73 Å². The van der Waals surface area contributed by atoms with Crippen LogP contribution in [0.3, 0.4) is 0 Å². The van der Waals surface area contributed by atoms with Gasteiger partial charge in [0.1, 0.15) is 4.83 Å². The van der Waals surface area contributed by atoms with Crippen LogP contribution < -0.4 is 11.3 Å². The van der Waals surface area contributed by atoms with Crippen molar-refractivity contribution in [3.05, 3.63) is 45.1 Å². The van der Waals surface area contributed by atoms with E-state index in [0.29, 0.717) is 21.8 Å². The van der Waals surface area contributed by atoms with Gasteiger partial charge in [-0.2, -0.15) is 0 Å². The number of nitrogens with one attached hydrogen (secondary N) is 1. The summed E-state index contributed by atoms with van der Waals surface area (Å²) >= 11 is 2.69. The number of nitrogens with zero attached hydrogens (tertiary/aromatic N) is 1. The van der Waals surface area contributed by atoms with Gasteiger partial charge in [0.15, 0.2) is 5.16 Å². The molecular weight excluding hydrogens is 354 g/mol. The number of primary amides is 1. The molecule has 25 heavy (non-hydrogen) atoms. The maximum atomic E-state index is 12.7. The van der Waals surface area contributed by atoms with Gasteiger partial charge >= 0.3 is 0 Å². The Hall–Kier alpha value is -2.12. The second kappa shape index (κ2) is 7.01. The van der Waals surface area contributed by atoms with Crippen LogP contribution in [0.5, 0.6) is 0 Å². The number of thioether (sulfide) groups is 1. The van der Waals surface area contributed by atoms with Crippen molar-refractivity contribution in [2.24, 2.45) is 5.73 Å². The van der Waals surface area contributed by atoms with Gasteiger partial charge in [0.25, 0.3) is 5.56 Å². The number of benzene rings is 1. The zero-order valence-corrected chi connectivity index (χ0v) is 15.9. The number of aromatic amines is 1. The maximum absolute atomic E-state index is 12.7. The van der Waals surface area contributed by atoms with Crippen molar-refractivity contribution < 1.29 is 4.79 Å². The lowest BCUT2D eigenvalue weighted by Gasteiger charge is -2.09. The third-order valence-electron chi connectivity index (χ3n) is 4.00. The highest BCUT2D eigenvalue weighted by molar-refractivity contribution is 8.00. The largest absolute Gasteiger partial charge is 0.369 e. The lowest BCUT2D eigenvalue weighted by molar-refractivity contribution is -0.117. The van der Waals surface area contributed by atoms with E-state index in [9.17, 15) is 9.59 Å². The lowest BCUT2D eigenvalue weighted by atomic mass is 10.0. The summed E-state index contributed by atoms with van der Waals surface area (Å²) in [6, 6.07) is 8.10. The molecule has 5 nitrogen and oxygen atoms in total. The molecule has 0 fully saturated rings. The minimum atomic E-state index is -0.405. The van der Waals surface area contributed by atoms with E-state index in [1.165, 1.54) is 28.7 Å². The molecule has 0 spiro atoms. The van der Waals surface area contributed by atoms with Crippen molar-refractivity contribution in [1.82, 2.24) is 9.97 Å². The van der Waals surface area contributed by atoms with Crippen LogP contribution in [-0.2, 0) is 4.79 Å². The van der Waals surface area contributed by atoms with Gasteiger partial charge in [-0.05, 0) is 25.8 Å². The molecule has 3 N–H and O–H groups in total. The second-order valence-electron chi connectivity index (χ2n) is 5.87. The SMILES string of the molecule is CCC(Sc1nc2sc(C)c(-c3ccc(C)cc3)c2c(=O)[nH]1)C(N)=O. The third kappa shape index (κ3) is 3.48. The van der Waals surface area contributed by atoms with Gasteiger partial charge < -0.3 is 10.7 Å². The summed E-state index contributed by atoms with van der Waals surface area (Å²) in [5, 5.41) is 0.626. The van der Waals surface area contributed by atoms with E-state index in [-0.39, 0.29) is 5.56 Å². The molecular formula is C18H19N3O2S2. The van der Waals surface area contributed by atoms with Crippen molar-refractivity contribution in [1.29, 1.82) is 0 Å². The number of aromatic nitrogens is 2. The summed E-state index contributed by atoms with van der Waals surface area (Å²) < 4.78 is 0. The van der Waals surface area contributed by atoms with Crippen LogP contribution in [0, 0.1) is 13.8 Å². The quantitative estimate of drug-likeness (QED) is 0.528. The Morgan fingerprint density at radius 3 is 2.60 bits per heavy atom. The molecule has 1 aromatic carbocycles. The number of carbonyl (C=O) groups is 1. The molecule has 0 bridgehead atoms. The number of nitrogens with two attached hydrogens (primary N) is 1. The summed E-state index contributed by atoms with van der Waals surface area (Å²) in [4.78, 5) is 33.2. The van der Waals surface area contributed by atoms with Crippen LogP contribution in [0.1, 0.15) is 23.8 Å². The number of amides is 1. The topological polar surface area (TPSA) is 88.8 Å². The number of carbonyl (C=O) groups excluding carboxylic acids is 1. The first-order valence-corrected chi connectivity index (χ1v) is 9.66. The monoisotopic (exact) mass is 373 g/mol. The number of rotatable bonds is 5. The first-order chi connectivity index (χ1) is 11.9. The van der Waals surface area contributed by atoms with Gasteiger partial charge in [-0.25, -0.2) is 4.98 Å². The van der Waals surface area contributed by atoms with Crippen molar-refractivity contribution >= 4 is 39.2 Å². The van der Waals surface area contributed by atoms with E-state index in [2.05, 4.69) is 9.97 Å². The molecule has 2 heterocycles. The number of hydrogen-bond acceptors (Lipinski definition) is 5. The predicted octanol–water partition coefficient (Wildman–Crippen LogP) is 3.62. The molecule has 3 aromatic rings. The zero-order valence-electron chi connectivity index (χ0n) is 14.3. The Balaban J connectivity index is 2.11. The summed E-state index contributed by atoms with van der Waals surface area (Å²) in [5.41, 5.74) is 8.30. The fourth-order valence-corrected chi connectivity index (χ4v) is 4.65. The molecule has 1 atom stereocenters. The van der Waals surface area contributed by atoms with E-state index in [1.807, 2.05) is 45.0 Å². The lowest BCUT2D eigenvalue weighted by Crippen LogP contribution is -2.25. The molecule has 0 aliphatic carbocycles. The highest BCUT2D eigenvalue weighted by atomic mass is 32.2. The van der Waals surface area contributed by atoms with E-state index in [1.54, 1.807) is 0 Å². The van der Waals surface area contributed by atoms with Gasteiger partial charge in [-0.15, -0.1) is 11.3 Å². The average molecular weight is 374 g/mol. The standard InChI is InChI=1S/C18H19N3O2S2/c1-4-12(15(19)22)25-18-20-16(23)14-13(10(3)24-17(14)21-18)11-7-5-9(2)6-8-11/h5-8,12H,4H2,1-3H3,(H2,19,22)(H,20,21,23). The molecule has 2 aromatic heterocycles. The fourth-order valence-electron chi connectivity index (χ4n) is 2.70. The summed E-state index contributed by atoms with van der Waals surface area (Å²) in [7, 11) is 0. The number of aryl methyl sites for hydroxylation is 2. The van der Waals surface area contributed by atoms with E-state index >= 15 is 0 Å². The van der Waals surface area contributed by atoms with Crippen LogP contribution in [0.2, 0.25) is 0 Å². The molecule has 3 rings (SSSR count). The van der Waals surface area contributed by atoms with Crippen LogP contribution in [0.4, 0.5) is 0 Å². The fraction of sp³-hybridized carbons (Fsp3) is 0.278. The average Bonchev–Trinajstić information content (AvgIpc) is 2.89. The second-order valence-corrected chi connectivity index (χ2v) is 8.26. The molecule has 1 unspecified atom stereocenters. The van der Waals surface area contributed by atoms with Crippen LogP contribution in [-0.4, -0.2) is 21.1 Å². The molecule has 7 heteroatoms. The van der Waals surface area contributed by atoms with Crippen molar-refractivity contribution in [3.8, 4) is 11.1 Å². The Labute approximate surface area is 153 Å². The Morgan fingerprint density at radius 1 is 1.32 bits per heavy atom. The normalized spacial score (nSPS) is 12.4. The Morgan fingerprint density at radius 2 is 2.00 bits per heavy atom. The minimum absolute atomic E-state index is 0.188. The number of H-pyrrole nitrogens is 1. The summed E-state index contributed by atoms with van der Waals surface area (Å²) in [5.74, 6) is -0.405. The highest BCUT2D eigenvalue weighted by Crippen LogP contribution is 2.36. The van der Waals surface area contributed by atoms with Crippen molar-refractivity contribution in [2.45, 2.75) is 37.6 Å². The first-order valence-electron chi connectivity index (χ1n) is 7.97. The van der Waals surface area contributed by atoms with Gasteiger partial charge in [0.05, 0.1) is 10.6 Å². The first kappa shape index (κ1) is 17.7. The molecule has 130 valence electrons. The molecule has 0 saturated heterocycles. The molecule has 1 amide bonds. The third-order valence-corrected chi connectivity index (χ3v) is 6.26. The number of hydrogen-bond donors (Lipinski definition) is 2.